The Kier molecular flexibility index (Phi) is 7.69. The fourth-order valence-corrected chi connectivity index (χ4v) is 2.03. The van der Waals surface area contributed by atoms with Crippen molar-refractivity contribution in [1.29, 1.82) is 0 Å². The predicted octanol–water partition coefficient (Wildman–Crippen LogP) is 1.70. The SMILES string of the molecule is CCCCC(CC)CNC(=NC)NCc1nncn1C. The highest BCUT2D eigenvalue weighted by atomic mass is 15.3. The van der Waals surface area contributed by atoms with Gasteiger partial charge in [0.25, 0.3) is 0 Å². The molecular weight excluding hydrogens is 252 g/mol. The van der Waals surface area contributed by atoms with E-state index in [0.717, 1.165) is 18.3 Å². The van der Waals surface area contributed by atoms with Gasteiger partial charge < -0.3 is 15.2 Å². The van der Waals surface area contributed by atoms with Gasteiger partial charge in [0, 0.05) is 20.6 Å². The highest BCUT2D eigenvalue weighted by Gasteiger charge is 2.07. The molecule has 0 amide bonds. The maximum absolute atomic E-state index is 4.24. The highest BCUT2D eigenvalue weighted by molar-refractivity contribution is 5.79. The van der Waals surface area contributed by atoms with E-state index in [1.54, 1.807) is 13.4 Å². The van der Waals surface area contributed by atoms with Gasteiger partial charge in [-0.05, 0) is 12.3 Å². The first-order valence-electron chi connectivity index (χ1n) is 7.48. The van der Waals surface area contributed by atoms with Crippen LogP contribution in [0.2, 0.25) is 0 Å². The van der Waals surface area contributed by atoms with Gasteiger partial charge in [0.15, 0.2) is 11.8 Å². The molecule has 1 unspecified atom stereocenters. The zero-order valence-electron chi connectivity index (χ0n) is 13.2. The van der Waals surface area contributed by atoms with Gasteiger partial charge in [-0.1, -0.05) is 33.1 Å². The summed E-state index contributed by atoms with van der Waals surface area (Å²) in [5, 5.41) is 14.6. The Labute approximate surface area is 122 Å². The summed E-state index contributed by atoms with van der Waals surface area (Å²) in [6.45, 7) is 6.08. The highest BCUT2D eigenvalue weighted by Crippen LogP contribution is 2.10. The zero-order chi connectivity index (χ0) is 14.8. The second kappa shape index (κ2) is 9.34. The second-order valence-electron chi connectivity index (χ2n) is 5.08. The molecule has 6 heteroatoms. The van der Waals surface area contributed by atoms with Crippen molar-refractivity contribution in [3.63, 3.8) is 0 Å². The molecule has 0 aliphatic rings. The second-order valence-corrected chi connectivity index (χ2v) is 5.08. The lowest BCUT2D eigenvalue weighted by Crippen LogP contribution is -2.39. The van der Waals surface area contributed by atoms with Gasteiger partial charge >= 0.3 is 0 Å². The fraction of sp³-hybridized carbons (Fsp3) is 0.786. The first-order valence-corrected chi connectivity index (χ1v) is 7.48. The summed E-state index contributed by atoms with van der Waals surface area (Å²) >= 11 is 0. The molecule has 1 aromatic rings. The monoisotopic (exact) mass is 280 g/mol. The van der Waals surface area contributed by atoms with Crippen LogP contribution in [0, 0.1) is 5.92 Å². The average molecular weight is 280 g/mol. The molecule has 1 aromatic heterocycles. The Morgan fingerprint density at radius 2 is 2.20 bits per heavy atom. The summed E-state index contributed by atoms with van der Waals surface area (Å²) in [5.74, 6) is 2.43. The van der Waals surface area contributed by atoms with E-state index in [9.17, 15) is 0 Å². The molecule has 0 saturated heterocycles. The van der Waals surface area contributed by atoms with Crippen molar-refractivity contribution in [3.05, 3.63) is 12.2 Å². The van der Waals surface area contributed by atoms with Crippen molar-refractivity contribution in [1.82, 2.24) is 25.4 Å². The van der Waals surface area contributed by atoms with Gasteiger partial charge in [-0.2, -0.15) is 0 Å². The van der Waals surface area contributed by atoms with E-state index in [4.69, 9.17) is 0 Å². The normalized spacial score (nSPS) is 13.3. The summed E-state index contributed by atoms with van der Waals surface area (Å²) in [5.41, 5.74) is 0. The van der Waals surface area contributed by atoms with Gasteiger partial charge in [-0.15, -0.1) is 10.2 Å². The molecule has 0 radical (unpaired) electrons. The average Bonchev–Trinajstić information content (AvgIpc) is 2.87. The van der Waals surface area contributed by atoms with Gasteiger partial charge in [0.1, 0.15) is 6.33 Å². The summed E-state index contributed by atoms with van der Waals surface area (Å²) in [7, 11) is 3.73. The third-order valence-corrected chi connectivity index (χ3v) is 3.54. The Morgan fingerprint density at radius 1 is 1.40 bits per heavy atom. The Balaban J connectivity index is 2.34. The van der Waals surface area contributed by atoms with Crippen molar-refractivity contribution < 1.29 is 0 Å². The molecule has 0 spiro atoms. The quantitative estimate of drug-likeness (QED) is 0.562. The molecule has 0 saturated carbocycles. The van der Waals surface area contributed by atoms with Crippen LogP contribution >= 0.6 is 0 Å². The number of nitrogens with one attached hydrogen (secondary N) is 2. The van der Waals surface area contributed by atoms with E-state index in [2.05, 4.69) is 39.7 Å². The first kappa shape index (κ1) is 16.5. The summed E-state index contributed by atoms with van der Waals surface area (Å²) < 4.78 is 1.90. The van der Waals surface area contributed by atoms with Crippen molar-refractivity contribution in [2.45, 2.75) is 46.1 Å². The van der Waals surface area contributed by atoms with Gasteiger partial charge in [0.2, 0.25) is 0 Å². The Morgan fingerprint density at radius 3 is 2.75 bits per heavy atom. The van der Waals surface area contributed by atoms with E-state index in [1.807, 2.05) is 11.6 Å². The molecule has 0 aliphatic heterocycles. The first-order chi connectivity index (χ1) is 9.71. The van der Waals surface area contributed by atoms with Crippen molar-refractivity contribution >= 4 is 5.96 Å². The number of unbranched alkanes of at least 4 members (excludes halogenated alkanes) is 1. The predicted molar refractivity (Wildman–Crippen MR) is 82.5 cm³/mol. The number of nitrogens with zero attached hydrogens (tertiary/aromatic N) is 4. The lowest BCUT2D eigenvalue weighted by molar-refractivity contribution is 0.443. The molecule has 1 heterocycles. The van der Waals surface area contributed by atoms with Crippen LogP contribution in [0.1, 0.15) is 45.4 Å². The number of aromatic nitrogens is 3. The van der Waals surface area contributed by atoms with Crippen LogP contribution in [0.25, 0.3) is 0 Å². The minimum absolute atomic E-state index is 0.627. The maximum Gasteiger partial charge on any atom is 0.191 e. The van der Waals surface area contributed by atoms with Crippen LogP contribution < -0.4 is 10.6 Å². The number of hydrogen-bond acceptors (Lipinski definition) is 3. The van der Waals surface area contributed by atoms with Crippen molar-refractivity contribution in [2.75, 3.05) is 13.6 Å². The van der Waals surface area contributed by atoms with Crippen LogP contribution in [0.15, 0.2) is 11.3 Å². The van der Waals surface area contributed by atoms with Crippen LogP contribution in [0.5, 0.6) is 0 Å². The van der Waals surface area contributed by atoms with Gasteiger partial charge in [-0.3, -0.25) is 4.99 Å². The molecule has 2 N–H and O–H groups in total. The largest absolute Gasteiger partial charge is 0.356 e. The van der Waals surface area contributed by atoms with E-state index < -0.39 is 0 Å². The van der Waals surface area contributed by atoms with Crippen LogP contribution in [0.3, 0.4) is 0 Å². The molecule has 0 aromatic carbocycles. The van der Waals surface area contributed by atoms with Gasteiger partial charge in [0.05, 0.1) is 6.54 Å². The van der Waals surface area contributed by atoms with Crippen LogP contribution in [-0.2, 0) is 13.6 Å². The number of rotatable bonds is 8. The molecular formula is C14H28N6. The third-order valence-electron chi connectivity index (χ3n) is 3.54. The summed E-state index contributed by atoms with van der Waals surface area (Å²) in [4.78, 5) is 4.24. The molecule has 114 valence electrons. The minimum atomic E-state index is 0.627. The smallest absolute Gasteiger partial charge is 0.191 e. The van der Waals surface area contributed by atoms with E-state index in [0.29, 0.717) is 12.5 Å². The number of aliphatic imine (C=N–C) groups is 1. The number of aryl methyl sites for hydroxylation is 1. The lowest BCUT2D eigenvalue weighted by Gasteiger charge is -2.17. The molecule has 1 atom stereocenters. The van der Waals surface area contributed by atoms with E-state index in [-0.39, 0.29) is 0 Å². The van der Waals surface area contributed by atoms with Crippen molar-refractivity contribution in [2.24, 2.45) is 18.0 Å². The zero-order valence-corrected chi connectivity index (χ0v) is 13.2. The molecule has 1 rings (SSSR count). The maximum atomic E-state index is 4.24. The Bertz CT molecular complexity index is 398. The molecule has 0 bridgehead atoms. The van der Waals surface area contributed by atoms with E-state index in [1.165, 1.54) is 25.7 Å². The third kappa shape index (κ3) is 5.59. The number of hydrogen-bond donors (Lipinski definition) is 2. The lowest BCUT2D eigenvalue weighted by atomic mass is 9.99. The minimum Gasteiger partial charge on any atom is -0.356 e. The van der Waals surface area contributed by atoms with Crippen LogP contribution in [0.4, 0.5) is 0 Å². The topological polar surface area (TPSA) is 67.1 Å². The van der Waals surface area contributed by atoms with Crippen LogP contribution in [-0.4, -0.2) is 34.3 Å². The van der Waals surface area contributed by atoms with E-state index >= 15 is 0 Å². The summed E-state index contributed by atoms with van der Waals surface area (Å²) in [6, 6.07) is 0. The van der Waals surface area contributed by atoms with Gasteiger partial charge in [-0.25, -0.2) is 0 Å². The molecule has 0 aliphatic carbocycles. The number of guanidine groups is 1. The molecule has 20 heavy (non-hydrogen) atoms. The fourth-order valence-electron chi connectivity index (χ4n) is 2.03. The summed E-state index contributed by atoms with van der Waals surface area (Å²) in [6.07, 6.45) is 6.74. The standard InChI is InChI=1S/C14H28N6/c1-5-7-8-12(6-2)9-16-14(15-3)17-10-13-19-18-11-20(13)4/h11-12H,5-10H2,1-4H3,(H2,15,16,17). The van der Waals surface area contributed by atoms with Crippen molar-refractivity contribution in [3.8, 4) is 0 Å². The molecule has 6 nitrogen and oxygen atoms in total. The molecule has 0 fully saturated rings. The Hall–Kier alpha value is -1.59.